The Morgan fingerprint density at radius 3 is 2.50 bits per heavy atom. The van der Waals surface area contributed by atoms with Crippen LogP contribution in [-0.2, 0) is 11.2 Å². The molecule has 1 aromatic carbocycles. The predicted molar refractivity (Wildman–Crippen MR) is 78.3 cm³/mol. The van der Waals surface area contributed by atoms with Gasteiger partial charge in [-0.2, -0.15) is 0 Å². The van der Waals surface area contributed by atoms with Crippen molar-refractivity contribution in [2.24, 2.45) is 0 Å². The fraction of sp³-hybridized carbons (Fsp3) is 0.294. The molecule has 20 heavy (non-hydrogen) atoms. The van der Waals surface area contributed by atoms with Gasteiger partial charge in [-0.25, -0.2) is 0 Å². The van der Waals surface area contributed by atoms with Crippen LogP contribution in [0.4, 0.5) is 0 Å². The van der Waals surface area contributed by atoms with Gasteiger partial charge in [-0.15, -0.1) is 0 Å². The molecule has 1 aromatic heterocycles. The molecule has 3 heteroatoms. The molecule has 1 amide bonds. The minimum Gasteiger partial charge on any atom is -0.353 e. The second kappa shape index (κ2) is 5.87. The Bertz CT molecular complexity index is 564. The third-order valence-corrected chi connectivity index (χ3v) is 3.63. The van der Waals surface area contributed by atoms with Crippen molar-refractivity contribution in [3.8, 4) is 0 Å². The first-order chi connectivity index (χ1) is 9.83. The first-order valence-corrected chi connectivity index (χ1v) is 7.07. The lowest BCUT2D eigenvalue weighted by Gasteiger charge is -2.17. The molecule has 102 valence electrons. The Morgan fingerprint density at radius 1 is 1.15 bits per heavy atom. The first kappa shape index (κ1) is 12.9. The number of carbonyl (C=O) groups is 1. The molecule has 1 atom stereocenters. The van der Waals surface area contributed by atoms with E-state index in [0.29, 0.717) is 12.5 Å². The molecule has 1 aliphatic rings. The highest BCUT2D eigenvalue weighted by molar-refractivity contribution is 5.84. The van der Waals surface area contributed by atoms with E-state index in [2.05, 4.69) is 10.3 Å². The van der Waals surface area contributed by atoms with Gasteiger partial charge in [-0.05, 0) is 42.5 Å². The van der Waals surface area contributed by atoms with Gasteiger partial charge in [0.1, 0.15) is 0 Å². The standard InChI is InChI=1S/C17H18N2O/c20-17(19-15-6-7-15)16(14-4-2-1-3-5-14)12-13-8-10-18-11-9-13/h1-5,8-11,15-16H,6-7,12H2,(H,19,20). The van der Waals surface area contributed by atoms with Crippen LogP contribution in [0.5, 0.6) is 0 Å². The summed E-state index contributed by atoms with van der Waals surface area (Å²) < 4.78 is 0. The smallest absolute Gasteiger partial charge is 0.228 e. The number of aromatic nitrogens is 1. The van der Waals surface area contributed by atoms with Crippen molar-refractivity contribution < 1.29 is 4.79 Å². The van der Waals surface area contributed by atoms with Gasteiger partial charge in [-0.3, -0.25) is 9.78 Å². The van der Waals surface area contributed by atoms with Crippen molar-refractivity contribution in [2.75, 3.05) is 0 Å². The zero-order chi connectivity index (χ0) is 13.8. The zero-order valence-electron chi connectivity index (χ0n) is 11.3. The van der Waals surface area contributed by atoms with Crippen LogP contribution >= 0.6 is 0 Å². The van der Waals surface area contributed by atoms with E-state index in [1.54, 1.807) is 12.4 Å². The minimum atomic E-state index is -0.126. The largest absolute Gasteiger partial charge is 0.353 e. The topological polar surface area (TPSA) is 42.0 Å². The van der Waals surface area contributed by atoms with E-state index in [9.17, 15) is 4.79 Å². The van der Waals surface area contributed by atoms with Crippen molar-refractivity contribution in [1.29, 1.82) is 0 Å². The van der Waals surface area contributed by atoms with Gasteiger partial charge in [0.25, 0.3) is 0 Å². The van der Waals surface area contributed by atoms with E-state index in [1.807, 2.05) is 42.5 Å². The Morgan fingerprint density at radius 2 is 1.85 bits per heavy atom. The average Bonchev–Trinajstić information content (AvgIpc) is 3.30. The molecule has 0 aliphatic heterocycles. The molecule has 1 heterocycles. The fourth-order valence-electron chi connectivity index (χ4n) is 2.33. The number of benzene rings is 1. The molecule has 0 radical (unpaired) electrons. The highest BCUT2D eigenvalue weighted by Gasteiger charge is 2.28. The highest BCUT2D eigenvalue weighted by Crippen LogP contribution is 2.24. The highest BCUT2D eigenvalue weighted by atomic mass is 16.2. The van der Waals surface area contributed by atoms with Crippen LogP contribution in [0.3, 0.4) is 0 Å². The molecule has 2 aromatic rings. The monoisotopic (exact) mass is 266 g/mol. The van der Waals surface area contributed by atoms with Gasteiger partial charge < -0.3 is 5.32 Å². The summed E-state index contributed by atoms with van der Waals surface area (Å²) in [5.41, 5.74) is 2.21. The maximum absolute atomic E-state index is 12.5. The lowest BCUT2D eigenvalue weighted by Crippen LogP contribution is -2.32. The summed E-state index contributed by atoms with van der Waals surface area (Å²) >= 11 is 0. The van der Waals surface area contributed by atoms with Crippen LogP contribution in [0.25, 0.3) is 0 Å². The Hall–Kier alpha value is -2.16. The summed E-state index contributed by atoms with van der Waals surface area (Å²) in [4.78, 5) is 16.5. The number of hydrogen-bond donors (Lipinski definition) is 1. The number of nitrogens with one attached hydrogen (secondary N) is 1. The van der Waals surface area contributed by atoms with E-state index in [4.69, 9.17) is 0 Å². The molecular weight excluding hydrogens is 248 g/mol. The Labute approximate surface area is 119 Å². The number of carbonyl (C=O) groups excluding carboxylic acids is 1. The van der Waals surface area contributed by atoms with Gasteiger partial charge in [0.2, 0.25) is 5.91 Å². The van der Waals surface area contributed by atoms with Crippen LogP contribution in [-0.4, -0.2) is 16.9 Å². The molecule has 0 saturated heterocycles. The maximum atomic E-state index is 12.5. The van der Waals surface area contributed by atoms with E-state index < -0.39 is 0 Å². The summed E-state index contributed by atoms with van der Waals surface area (Å²) in [6, 6.07) is 14.3. The van der Waals surface area contributed by atoms with Gasteiger partial charge in [0.15, 0.2) is 0 Å². The summed E-state index contributed by atoms with van der Waals surface area (Å²) in [6.07, 6.45) is 6.49. The molecule has 1 unspecified atom stereocenters. The summed E-state index contributed by atoms with van der Waals surface area (Å²) in [5.74, 6) is 0.00899. The molecule has 1 N–H and O–H groups in total. The van der Waals surface area contributed by atoms with Crippen molar-refractivity contribution in [1.82, 2.24) is 10.3 Å². The number of rotatable bonds is 5. The van der Waals surface area contributed by atoms with Gasteiger partial charge in [-0.1, -0.05) is 30.3 Å². The summed E-state index contributed by atoms with van der Waals surface area (Å²) in [7, 11) is 0. The molecule has 1 saturated carbocycles. The van der Waals surface area contributed by atoms with Crippen molar-refractivity contribution in [3.05, 3.63) is 66.0 Å². The summed E-state index contributed by atoms with van der Waals surface area (Å²) in [5, 5.41) is 3.12. The van der Waals surface area contributed by atoms with Crippen LogP contribution in [0, 0.1) is 0 Å². The molecule has 1 aliphatic carbocycles. The molecule has 3 nitrogen and oxygen atoms in total. The minimum absolute atomic E-state index is 0.126. The summed E-state index contributed by atoms with van der Waals surface area (Å²) in [6.45, 7) is 0. The number of hydrogen-bond acceptors (Lipinski definition) is 2. The van der Waals surface area contributed by atoms with Gasteiger partial charge in [0, 0.05) is 18.4 Å². The van der Waals surface area contributed by atoms with Gasteiger partial charge in [0.05, 0.1) is 5.92 Å². The second-order valence-electron chi connectivity index (χ2n) is 5.31. The fourth-order valence-corrected chi connectivity index (χ4v) is 2.33. The molecule has 3 rings (SSSR count). The lowest BCUT2D eigenvalue weighted by atomic mass is 9.91. The SMILES string of the molecule is O=C(NC1CC1)C(Cc1ccncc1)c1ccccc1. The van der Waals surface area contributed by atoms with Crippen LogP contribution < -0.4 is 5.32 Å². The Kier molecular flexibility index (Phi) is 3.77. The van der Waals surface area contributed by atoms with Crippen LogP contribution in [0.1, 0.15) is 29.9 Å². The quantitative estimate of drug-likeness (QED) is 0.904. The average molecular weight is 266 g/mol. The second-order valence-corrected chi connectivity index (χ2v) is 5.31. The van der Waals surface area contributed by atoms with Gasteiger partial charge >= 0.3 is 0 Å². The number of pyridine rings is 1. The van der Waals surface area contributed by atoms with E-state index in [-0.39, 0.29) is 11.8 Å². The van der Waals surface area contributed by atoms with E-state index in [1.165, 1.54) is 0 Å². The van der Waals surface area contributed by atoms with E-state index in [0.717, 1.165) is 24.0 Å². The normalized spacial score (nSPS) is 15.6. The third-order valence-electron chi connectivity index (χ3n) is 3.63. The lowest BCUT2D eigenvalue weighted by molar-refractivity contribution is -0.122. The molecule has 0 spiro atoms. The van der Waals surface area contributed by atoms with Crippen LogP contribution in [0.15, 0.2) is 54.9 Å². The molecule has 0 bridgehead atoms. The van der Waals surface area contributed by atoms with Crippen LogP contribution in [0.2, 0.25) is 0 Å². The van der Waals surface area contributed by atoms with Crippen molar-refractivity contribution in [2.45, 2.75) is 31.2 Å². The molecule has 1 fully saturated rings. The maximum Gasteiger partial charge on any atom is 0.228 e. The van der Waals surface area contributed by atoms with Crippen molar-refractivity contribution >= 4 is 5.91 Å². The number of nitrogens with zero attached hydrogens (tertiary/aromatic N) is 1. The molecular formula is C17H18N2O. The first-order valence-electron chi connectivity index (χ1n) is 7.07. The Balaban J connectivity index is 1.81. The predicted octanol–water partition coefficient (Wildman–Crippen LogP) is 2.69. The van der Waals surface area contributed by atoms with Crippen molar-refractivity contribution in [3.63, 3.8) is 0 Å². The number of amides is 1. The van der Waals surface area contributed by atoms with E-state index >= 15 is 0 Å². The third kappa shape index (κ3) is 3.23. The zero-order valence-corrected chi connectivity index (χ0v) is 11.3.